The molecule has 0 radical (unpaired) electrons. The minimum Gasteiger partial charge on any atom is -0.489 e. The highest BCUT2D eigenvalue weighted by Gasteiger charge is 2.07. The fourth-order valence-corrected chi connectivity index (χ4v) is 3.43. The summed E-state index contributed by atoms with van der Waals surface area (Å²) < 4.78 is 5.50. The first-order valence-electron chi connectivity index (χ1n) is 9.07. The van der Waals surface area contributed by atoms with E-state index in [0.717, 1.165) is 5.75 Å². The molecule has 0 aliphatic rings. The van der Waals surface area contributed by atoms with Crippen LogP contribution in [0.5, 0.6) is 5.75 Å². The van der Waals surface area contributed by atoms with Crippen molar-refractivity contribution < 1.29 is 9.53 Å². The Labute approximate surface area is 170 Å². The van der Waals surface area contributed by atoms with Gasteiger partial charge in [0.2, 0.25) is 0 Å². The molecule has 1 N–H and O–H groups in total. The molecule has 0 aliphatic carbocycles. The van der Waals surface area contributed by atoms with Crippen LogP contribution in [0, 0.1) is 6.92 Å². The Hall–Kier alpha value is -2.98. The molecule has 0 saturated heterocycles. The van der Waals surface area contributed by atoms with E-state index in [1.807, 2.05) is 42.5 Å². The van der Waals surface area contributed by atoms with E-state index in [-0.39, 0.29) is 5.91 Å². The van der Waals surface area contributed by atoms with E-state index in [4.69, 9.17) is 4.74 Å². The lowest BCUT2D eigenvalue weighted by molar-refractivity contribution is 0.102. The maximum absolute atomic E-state index is 12.5. The highest BCUT2D eigenvalue weighted by Crippen LogP contribution is 2.23. The minimum atomic E-state index is -0.140. The molecule has 0 atom stereocenters. The topological polar surface area (TPSA) is 38.3 Å². The number of aryl methyl sites for hydroxylation is 1. The molecule has 0 unspecified atom stereocenters. The van der Waals surface area contributed by atoms with Gasteiger partial charge in [-0.1, -0.05) is 48.6 Å². The van der Waals surface area contributed by atoms with Gasteiger partial charge in [0.05, 0.1) is 0 Å². The zero-order chi connectivity index (χ0) is 19.8. The summed E-state index contributed by atoms with van der Waals surface area (Å²) in [6.45, 7) is 6.15. The number of thioether (sulfide) groups is 1. The lowest BCUT2D eigenvalue weighted by Crippen LogP contribution is -2.11. The van der Waals surface area contributed by atoms with Crippen LogP contribution in [0.25, 0.3) is 0 Å². The van der Waals surface area contributed by atoms with Crippen LogP contribution >= 0.6 is 11.8 Å². The highest BCUT2D eigenvalue weighted by atomic mass is 32.2. The summed E-state index contributed by atoms with van der Waals surface area (Å²) in [5.74, 6) is 1.42. The first-order valence-corrected chi connectivity index (χ1v) is 10.1. The smallest absolute Gasteiger partial charge is 0.255 e. The number of nitrogens with one attached hydrogen (secondary N) is 1. The number of anilines is 1. The van der Waals surface area contributed by atoms with Crippen molar-refractivity contribution in [3.05, 3.63) is 102 Å². The molecule has 3 rings (SSSR count). The van der Waals surface area contributed by atoms with Crippen LogP contribution in [0.3, 0.4) is 0 Å². The second-order valence-electron chi connectivity index (χ2n) is 6.38. The molecule has 0 aromatic heterocycles. The predicted octanol–water partition coefficient (Wildman–Crippen LogP) is 6.10. The van der Waals surface area contributed by atoms with Crippen LogP contribution in [0.2, 0.25) is 0 Å². The summed E-state index contributed by atoms with van der Waals surface area (Å²) in [7, 11) is 0. The molecule has 0 fully saturated rings. The Balaban J connectivity index is 1.57. The van der Waals surface area contributed by atoms with E-state index in [2.05, 4.69) is 43.1 Å². The Bertz CT molecular complexity index is 934. The normalized spacial score (nSPS) is 10.3. The Morgan fingerprint density at radius 3 is 2.54 bits per heavy atom. The first-order chi connectivity index (χ1) is 13.6. The molecule has 0 saturated carbocycles. The molecular weight excluding hydrogens is 366 g/mol. The average Bonchev–Trinajstić information content (AvgIpc) is 2.72. The van der Waals surface area contributed by atoms with Gasteiger partial charge in [-0.15, -0.1) is 11.8 Å². The minimum absolute atomic E-state index is 0.140. The van der Waals surface area contributed by atoms with Gasteiger partial charge in [-0.25, -0.2) is 0 Å². The second kappa shape index (κ2) is 9.81. The summed E-state index contributed by atoms with van der Waals surface area (Å²) in [6.07, 6.45) is 1.68. The van der Waals surface area contributed by atoms with Crippen molar-refractivity contribution in [2.75, 3.05) is 11.9 Å². The third kappa shape index (κ3) is 5.76. The SMILES string of the molecule is C=CCOc1cccc(NC(=O)c2ccc(CSc3ccc(C)cc3)cc2)c1. The summed E-state index contributed by atoms with van der Waals surface area (Å²) in [5, 5.41) is 2.91. The molecule has 0 aliphatic heterocycles. The van der Waals surface area contributed by atoms with Crippen molar-refractivity contribution in [1.82, 2.24) is 0 Å². The van der Waals surface area contributed by atoms with Gasteiger partial charge < -0.3 is 10.1 Å². The van der Waals surface area contributed by atoms with Gasteiger partial charge in [-0.3, -0.25) is 4.79 Å². The summed E-state index contributed by atoms with van der Waals surface area (Å²) in [4.78, 5) is 13.7. The van der Waals surface area contributed by atoms with Crippen molar-refractivity contribution in [2.45, 2.75) is 17.6 Å². The van der Waals surface area contributed by atoms with Crippen LogP contribution in [0.1, 0.15) is 21.5 Å². The quantitative estimate of drug-likeness (QED) is 0.373. The van der Waals surface area contributed by atoms with Crippen molar-refractivity contribution in [3.8, 4) is 5.75 Å². The van der Waals surface area contributed by atoms with E-state index < -0.39 is 0 Å². The van der Waals surface area contributed by atoms with Crippen LogP contribution in [0.15, 0.2) is 90.3 Å². The largest absolute Gasteiger partial charge is 0.489 e. The van der Waals surface area contributed by atoms with Crippen molar-refractivity contribution >= 4 is 23.4 Å². The summed E-state index contributed by atoms with van der Waals surface area (Å²) >= 11 is 1.79. The Morgan fingerprint density at radius 1 is 1.07 bits per heavy atom. The Kier molecular flexibility index (Phi) is 6.93. The molecular formula is C24H23NO2S. The van der Waals surface area contributed by atoms with Crippen molar-refractivity contribution in [3.63, 3.8) is 0 Å². The van der Waals surface area contributed by atoms with Crippen LogP contribution in [0.4, 0.5) is 5.69 Å². The summed E-state index contributed by atoms with van der Waals surface area (Å²) in [5.41, 5.74) is 3.77. The number of carbonyl (C=O) groups excluding carboxylic acids is 1. The molecule has 3 aromatic rings. The van der Waals surface area contributed by atoms with Gasteiger partial charge in [0, 0.05) is 28.0 Å². The van der Waals surface area contributed by atoms with Crippen LogP contribution < -0.4 is 10.1 Å². The van der Waals surface area contributed by atoms with Gasteiger partial charge in [0.1, 0.15) is 12.4 Å². The van der Waals surface area contributed by atoms with Gasteiger partial charge in [0.15, 0.2) is 0 Å². The number of hydrogen-bond donors (Lipinski definition) is 1. The van der Waals surface area contributed by atoms with Crippen molar-refractivity contribution in [2.24, 2.45) is 0 Å². The molecule has 0 spiro atoms. The molecule has 3 aromatic carbocycles. The molecule has 1 amide bonds. The van der Waals surface area contributed by atoms with Crippen molar-refractivity contribution in [1.29, 1.82) is 0 Å². The third-order valence-electron chi connectivity index (χ3n) is 4.10. The standard InChI is InChI=1S/C24H23NO2S/c1-3-15-27-22-6-4-5-21(16-22)25-24(26)20-11-9-19(10-12-20)17-28-23-13-7-18(2)8-14-23/h3-14,16H,1,15,17H2,2H3,(H,25,26). The number of hydrogen-bond acceptors (Lipinski definition) is 3. The second-order valence-corrected chi connectivity index (χ2v) is 7.43. The third-order valence-corrected chi connectivity index (χ3v) is 5.19. The molecule has 4 heteroatoms. The van der Waals surface area contributed by atoms with Gasteiger partial charge in [-0.2, -0.15) is 0 Å². The van der Waals surface area contributed by atoms with E-state index >= 15 is 0 Å². The number of rotatable bonds is 8. The van der Waals surface area contributed by atoms with E-state index in [9.17, 15) is 4.79 Å². The maximum Gasteiger partial charge on any atom is 0.255 e. The number of ether oxygens (including phenoxy) is 1. The zero-order valence-corrected chi connectivity index (χ0v) is 16.7. The molecule has 3 nitrogen and oxygen atoms in total. The average molecular weight is 390 g/mol. The van der Waals surface area contributed by atoms with Crippen LogP contribution in [-0.2, 0) is 5.75 Å². The monoisotopic (exact) mass is 389 g/mol. The highest BCUT2D eigenvalue weighted by molar-refractivity contribution is 7.98. The molecule has 0 bridgehead atoms. The maximum atomic E-state index is 12.5. The lowest BCUT2D eigenvalue weighted by atomic mass is 10.1. The Morgan fingerprint density at radius 2 is 1.82 bits per heavy atom. The van der Waals surface area contributed by atoms with Gasteiger partial charge in [0.25, 0.3) is 5.91 Å². The van der Waals surface area contributed by atoms with E-state index in [1.165, 1.54) is 16.0 Å². The summed E-state index contributed by atoms with van der Waals surface area (Å²) in [6, 6.07) is 23.6. The first kappa shape index (κ1) is 19.8. The fraction of sp³-hybridized carbons (Fsp3) is 0.125. The molecule has 142 valence electrons. The molecule has 28 heavy (non-hydrogen) atoms. The van der Waals surface area contributed by atoms with Gasteiger partial charge in [-0.05, 0) is 48.9 Å². The van der Waals surface area contributed by atoms with Crippen LogP contribution in [-0.4, -0.2) is 12.5 Å². The number of benzene rings is 3. The number of amides is 1. The number of carbonyl (C=O) groups is 1. The fourth-order valence-electron chi connectivity index (χ4n) is 2.58. The van der Waals surface area contributed by atoms with E-state index in [0.29, 0.717) is 23.6 Å². The predicted molar refractivity (Wildman–Crippen MR) is 117 cm³/mol. The lowest BCUT2D eigenvalue weighted by Gasteiger charge is -2.09. The molecule has 0 heterocycles. The van der Waals surface area contributed by atoms with E-state index in [1.54, 1.807) is 23.9 Å². The zero-order valence-electron chi connectivity index (χ0n) is 15.9. The van der Waals surface area contributed by atoms with Gasteiger partial charge >= 0.3 is 0 Å².